The number of benzene rings is 2. The normalized spacial score (nSPS) is 13.8. The summed E-state index contributed by atoms with van der Waals surface area (Å²) in [4.78, 5) is 34.2. The number of nitrogens with zero attached hydrogens (tertiary/aromatic N) is 4. The van der Waals surface area contributed by atoms with Crippen LogP contribution in [-0.4, -0.2) is 46.5 Å². The van der Waals surface area contributed by atoms with E-state index in [1.807, 2.05) is 83.1 Å². The van der Waals surface area contributed by atoms with E-state index in [0.717, 1.165) is 22.8 Å². The van der Waals surface area contributed by atoms with E-state index in [2.05, 4.69) is 10.2 Å². The Kier molecular flexibility index (Phi) is 5.76. The van der Waals surface area contributed by atoms with Crippen LogP contribution in [0, 0.1) is 6.92 Å². The van der Waals surface area contributed by atoms with Crippen molar-refractivity contribution >= 4 is 34.1 Å². The van der Waals surface area contributed by atoms with Gasteiger partial charge in [0.25, 0.3) is 0 Å². The van der Waals surface area contributed by atoms with Crippen LogP contribution in [-0.2, 0) is 4.79 Å². The maximum atomic E-state index is 13.5. The Labute approximate surface area is 198 Å². The lowest BCUT2D eigenvalue weighted by Gasteiger charge is -2.36. The number of carbonyl (C=O) groups is 1. The standard InChI is InChI=1S/C27H27N5O2/c1-19-17-23(31-15-13-30(14-16-31)20(2)33)26-24(34)18-25(29-21-9-5-3-6-10-21)32(27(26)28-19)22-11-7-4-8-12-22/h3-12,17-18,29H,13-16H2,1-2H3. The van der Waals surface area contributed by atoms with Crippen molar-refractivity contribution in [1.82, 2.24) is 14.5 Å². The Morgan fingerprint density at radius 2 is 1.56 bits per heavy atom. The second-order valence-corrected chi connectivity index (χ2v) is 8.53. The Morgan fingerprint density at radius 3 is 2.21 bits per heavy atom. The second kappa shape index (κ2) is 9.02. The van der Waals surface area contributed by atoms with Crippen molar-refractivity contribution in [3.8, 4) is 5.69 Å². The number of pyridine rings is 2. The van der Waals surface area contributed by atoms with Crippen molar-refractivity contribution in [3.05, 3.63) is 88.7 Å². The summed E-state index contributed by atoms with van der Waals surface area (Å²) >= 11 is 0. The molecule has 0 atom stereocenters. The first-order valence-electron chi connectivity index (χ1n) is 11.5. The minimum Gasteiger partial charge on any atom is -0.367 e. The summed E-state index contributed by atoms with van der Waals surface area (Å²) in [6, 6.07) is 23.4. The number of rotatable bonds is 4. The molecule has 0 spiro atoms. The molecule has 1 aliphatic heterocycles. The number of piperazine rings is 1. The molecule has 4 aromatic rings. The molecule has 3 heterocycles. The fraction of sp³-hybridized carbons (Fsp3) is 0.222. The predicted octanol–water partition coefficient (Wildman–Crippen LogP) is 4.11. The Hall–Kier alpha value is -4.13. The molecule has 34 heavy (non-hydrogen) atoms. The number of carbonyl (C=O) groups excluding carboxylic acids is 1. The Morgan fingerprint density at radius 1 is 0.912 bits per heavy atom. The van der Waals surface area contributed by atoms with Gasteiger partial charge in [-0.25, -0.2) is 4.98 Å². The number of amides is 1. The average molecular weight is 454 g/mol. The maximum Gasteiger partial charge on any atom is 0.219 e. The third kappa shape index (κ3) is 4.12. The molecule has 1 N–H and O–H groups in total. The number of hydrogen-bond acceptors (Lipinski definition) is 5. The smallest absolute Gasteiger partial charge is 0.219 e. The topological polar surface area (TPSA) is 70.5 Å². The highest BCUT2D eigenvalue weighted by Crippen LogP contribution is 2.30. The van der Waals surface area contributed by atoms with Gasteiger partial charge in [0.15, 0.2) is 11.1 Å². The highest BCUT2D eigenvalue weighted by Gasteiger charge is 2.23. The van der Waals surface area contributed by atoms with Gasteiger partial charge >= 0.3 is 0 Å². The number of aryl methyl sites for hydroxylation is 1. The first-order chi connectivity index (χ1) is 16.5. The van der Waals surface area contributed by atoms with Crippen molar-refractivity contribution < 1.29 is 4.79 Å². The first-order valence-corrected chi connectivity index (χ1v) is 11.5. The summed E-state index contributed by atoms with van der Waals surface area (Å²) in [6.07, 6.45) is 0. The minimum atomic E-state index is -0.0860. The molecule has 0 radical (unpaired) electrons. The molecule has 0 saturated carbocycles. The molecule has 2 aromatic heterocycles. The molecule has 1 fully saturated rings. The van der Waals surface area contributed by atoms with Gasteiger partial charge in [0.1, 0.15) is 5.82 Å². The number of fused-ring (bicyclic) bond motifs is 1. The summed E-state index contributed by atoms with van der Waals surface area (Å²) in [6.45, 7) is 6.17. The van der Waals surface area contributed by atoms with Crippen molar-refractivity contribution in [3.63, 3.8) is 0 Å². The van der Waals surface area contributed by atoms with Crippen LogP contribution in [0.2, 0.25) is 0 Å². The lowest BCUT2D eigenvalue weighted by molar-refractivity contribution is -0.129. The molecule has 1 amide bonds. The van der Waals surface area contributed by atoms with E-state index in [9.17, 15) is 9.59 Å². The number of anilines is 3. The zero-order valence-electron chi connectivity index (χ0n) is 19.4. The van der Waals surface area contributed by atoms with Gasteiger partial charge in [0, 0.05) is 56.2 Å². The van der Waals surface area contributed by atoms with Crippen LogP contribution in [0.4, 0.5) is 17.2 Å². The molecule has 7 heteroatoms. The van der Waals surface area contributed by atoms with Gasteiger partial charge in [-0.2, -0.15) is 0 Å². The number of aromatic nitrogens is 2. The SMILES string of the molecule is CC(=O)N1CCN(c2cc(C)nc3c2c(=O)cc(Nc2ccccc2)n3-c2ccccc2)CC1. The van der Waals surface area contributed by atoms with E-state index < -0.39 is 0 Å². The van der Waals surface area contributed by atoms with E-state index in [0.29, 0.717) is 43.0 Å². The van der Waals surface area contributed by atoms with Gasteiger partial charge in [-0.3, -0.25) is 14.2 Å². The average Bonchev–Trinajstić information content (AvgIpc) is 2.85. The maximum absolute atomic E-state index is 13.5. The molecular formula is C27H27N5O2. The molecule has 5 rings (SSSR count). The van der Waals surface area contributed by atoms with E-state index in [4.69, 9.17) is 4.98 Å². The molecule has 0 bridgehead atoms. The fourth-order valence-electron chi connectivity index (χ4n) is 4.52. The van der Waals surface area contributed by atoms with Gasteiger partial charge < -0.3 is 15.1 Å². The minimum absolute atomic E-state index is 0.0819. The predicted molar refractivity (Wildman–Crippen MR) is 136 cm³/mol. The van der Waals surface area contributed by atoms with Crippen LogP contribution in [0.15, 0.2) is 77.6 Å². The van der Waals surface area contributed by atoms with E-state index in [-0.39, 0.29) is 11.3 Å². The summed E-state index contributed by atoms with van der Waals surface area (Å²) in [7, 11) is 0. The third-order valence-electron chi connectivity index (χ3n) is 6.20. The number of nitrogens with one attached hydrogen (secondary N) is 1. The number of hydrogen-bond donors (Lipinski definition) is 1. The zero-order chi connectivity index (χ0) is 23.7. The molecule has 2 aromatic carbocycles. The Bertz CT molecular complexity index is 1390. The summed E-state index contributed by atoms with van der Waals surface area (Å²) in [5.74, 6) is 0.735. The van der Waals surface area contributed by atoms with Crippen LogP contribution in [0.1, 0.15) is 12.6 Å². The summed E-state index contributed by atoms with van der Waals surface area (Å²) < 4.78 is 2.01. The monoisotopic (exact) mass is 453 g/mol. The highest BCUT2D eigenvalue weighted by molar-refractivity contribution is 5.92. The van der Waals surface area contributed by atoms with Gasteiger partial charge in [-0.1, -0.05) is 36.4 Å². The van der Waals surface area contributed by atoms with E-state index >= 15 is 0 Å². The largest absolute Gasteiger partial charge is 0.367 e. The van der Waals surface area contributed by atoms with Gasteiger partial charge in [0.2, 0.25) is 5.91 Å². The lowest BCUT2D eigenvalue weighted by Crippen LogP contribution is -2.48. The Balaban J connectivity index is 1.70. The zero-order valence-corrected chi connectivity index (χ0v) is 19.4. The van der Waals surface area contributed by atoms with Gasteiger partial charge in [0.05, 0.1) is 11.1 Å². The summed E-state index contributed by atoms with van der Waals surface area (Å²) in [5.41, 5.74) is 4.03. The van der Waals surface area contributed by atoms with Crippen LogP contribution in [0.25, 0.3) is 16.7 Å². The van der Waals surface area contributed by atoms with Crippen LogP contribution in [0.3, 0.4) is 0 Å². The molecular weight excluding hydrogens is 426 g/mol. The summed E-state index contributed by atoms with van der Waals surface area (Å²) in [5, 5.41) is 3.99. The second-order valence-electron chi connectivity index (χ2n) is 8.53. The number of para-hydroxylation sites is 2. The van der Waals surface area contributed by atoms with Crippen LogP contribution in [0.5, 0.6) is 0 Å². The van der Waals surface area contributed by atoms with E-state index in [1.54, 1.807) is 13.0 Å². The molecule has 1 aliphatic rings. The molecule has 172 valence electrons. The lowest BCUT2D eigenvalue weighted by atomic mass is 10.1. The quantitative estimate of drug-likeness (QED) is 0.504. The van der Waals surface area contributed by atoms with Crippen LogP contribution >= 0.6 is 0 Å². The first kappa shape index (κ1) is 21.7. The van der Waals surface area contributed by atoms with Gasteiger partial charge in [-0.15, -0.1) is 0 Å². The molecule has 1 saturated heterocycles. The molecule has 0 unspecified atom stereocenters. The molecule has 0 aliphatic carbocycles. The van der Waals surface area contributed by atoms with Crippen molar-refractivity contribution in [1.29, 1.82) is 0 Å². The fourth-order valence-corrected chi connectivity index (χ4v) is 4.52. The highest BCUT2D eigenvalue weighted by atomic mass is 16.2. The third-order valence-corrected chi connectivity index (χ3v) is 6.20. The van der Waals surface area contributed by atoms with Crippen molar-refractivity contribution in [2.45, 2.75) is 13.8 Å². The van der Waals surface area contributed by atoms with Gasteiger partial charge in [-0.05, 0) is 37.3 Å². The molecule has 7 nitrogen and oxygen atoms in total. The van der Waals surface area contributed by atoms with Crippen molar-refractivity contribution in [2.75, 3.05) is 36.4 Å². The van der Waals surface area contributed by atoms with Crippen molar-refractivity contribution in [2.24, 2.45) is 0 Å². The van der Waals surface area contributed by atoms with Crippen LogP contribution < -0.4 is 15.6 Å². The van der Waals surface area contributed by atoms with E-state index in [1.165, 1.54) is 0 Å².